The summed E-state index contributed by atoms with van der Waals surface area (Å²) in [7, 11) is 1.63. The Morgan fingerprint density at radius 3 is 2.75 bits per heavy atom. The van der Waals surface area contributed by atoms with E-state index >= 15 is 0 Å². The summed E-state index contributed by atoms with van der Waals surface area (Å²) in [4.78, 5) is 23.4. The fraction of sp³-hybridized carbons (Fsp3) is 0.571. The van der Waals surface area contributed by atoms with Crippen LogP contribution in [0, 0.1) is 5.92 Å². The molecule has 1 saturated carbocycles. The molecule has 1 aliphatic carbocycles. The molecule has 2 unspecified atom stereocenters. The Morgan fingerprint density at radius 2 is 2.15 bits per heavy atom. The van der Waals surface area contributed by atoms with E-state index in [1.807, 2.05) is 12.1 Å². The van der Waals surface area contributed by atoms with Crippen LogP contribution in [0.3, 0.4) is 0 Å². The SMILES string of the molecule is CC1CC1c1ccc(CN(C)C(=O)COCC(=O)O)o1. The fourth-order valence-electron chi connectivity index (χ4n) is 2.06. The van der Waals surface area contributed by atoms with Crippen molar-refractivity contribution in [3.63, 3.8) is 0 Å². The molecule has 1 aromatic rings. The second kappa shape index (κ2) is 6.09. The van der Waals surface area contributed by atoms with Crippen molar-refractivity contribution in [1.82, 2.24) is 4.90 Å². The normalized spacial score (nSPS) is 20.7. The summed E-state index contributed by atoms with van der Waals surface area (Å²) in [5, 5.41) is 8.42. The van der Waals surface area contributed by atoms with Crippen molar-refractivity contribution in [2.75, 3.05) is 20.3 Å². The summed E-state index contributed by atoms with van der Waals surface area (Å²) in [6.07, 6.45) is 1.16. The minimum absolute atomic E-state index is 0.240. The average molecular weight is 281 g/mol. The Morgan fingerprint density at radius 1 is 1.45 bits per heavy atom. The van der Waals surface area contributed by atoms with Crippen LogP contribution in [0.5, 0.6) is 0 Å². The van der Waals surface area contributed by atoms with E-state index in [2.05, 4.69) is 6.92 Å². The maximum Gasteiger partial charge on any atom is 0.329 e. The summed E-state index contributed by atoms with van der Waals surface area (Å²) < 4.78 is 10.5. The van der Waals surface area contributed by atoms with Crippen LogP contribution in [0.4, 0.5) is 0 Å². The largest absolute Gasteiger partial charge is 0.480 e. The number of furan rings is 1. The number of carbonyl (C=O) groups is 2. The number of hydrogen-bond donors (Lipinski definition) is 1. The highest BCUT2D eigenvalue weighted by Gasteiger charge is 2.36. The zero-order valence-corrected chi connectivity index (χ0v) is 11.7. The third-order valence-corrected chi connectivity index (χ3v) is 3.43. The first-order chi connectivity index (χ1) is 9.47. The Hall–Kier alpha value is -1.82. The molecule has 110 valence electrons. The molecule has 0 spiro atoms. The van der Waals surface area contributed by atoms with E-state index < -0.39 is 12.6 Å². The van der Waals surface area contributed by atoms with Crippen molar-refractivity contribution < 1.29 is 23.8 Å². The third-order valence-electron chi connectivity index (χ3n) is 3.43. The lowest BCUT2D eigenvalue weighted by Gasteiger charge is -2.15. The number of carboxylic acids is 1. The fourth-order valence-corrected chi connectivity index (χ4v) is 2.06. The van der Waals surface area contributed by atoms with Gasteiger partial charge in [-0.1, -0.05) is 6.92 Å². The molecule has 1 N–H and O–H groups in total. The first kappa shape index (κ1) is 14.6. The number of ether oxygens (including phenoxy) is 1. The van der Waals surface area contributed by atoms with Gasteiger partial charge in [-0.15, -0.1) is 0 Å². The molecule has 6 nitrogen and oxygen atoms in total. The van der Waals surface area contributed by atoms with Gasteiger partial charge in [0.05, 0.1) is 6.54 Å². The van der Waals surface area contributed by atoms with Gasteiger partial charge in [0.15, 0.2) is 0 Å². The Balaban J connectivity index is 1.78. The smallest absolute Gasteiger partial charge is 0.329 e. The standard InChI is InChI=1S/C14H19NO5/c1-9-5-11(9)12-4-3-10(20-12)6-15(2)13(16)7-19-8-14(17)18/h3-4,9,11H,5-8H2,1-2H3,(H,17,18). The summed E-state index contributed by atoms with van der Waals surface area (Å²) in [6, 6.07) is 3.84. The van der Waals surface area contributed by atoms with Crippen molar-refractivity contribution in [3.8, 4) is 0 Å². The quantitative estimate of drug-likeness (QED) is 0.818. The van der Waals surface area contributed by atoms with Crippen molar-refractivity contribution >= 4 is 11.9 Å². The van der Waals surface area contributed by atoms with E-state index in [0.717, 1.165) is 17.9 Å². The van der Waals surface area contributed by atoms with Crippen molar-refractivity contribution in [2.24, 2.45) is 5.92 Å². The number of rotatable bonds is 7. The number of hydrogen-bond acceptors (Lipinski definition) is 4. The number of aliphatic carboxylic acids is 1. The number of carboxylic acid groups (broad SMARTS) is 1. The molecule has 1 aliphatic rings. The lowest BCUT2D eigenvalue weighted by molar-refractivity contribution is -0.145. The molecule has 0 aromatic carbocycles. The van der Waals surface area contributed by atoms with Crippen LogP contribution in [-0.2, 0) is 20.9 Å². The molecule has 0 saturated heterocycles. The maximum atomic E-state index is 11.7. The van der Waals surface area contributed by atoms with Gasteiger partial charge in [0.2, 0.25) is 5.91 Å². The highest BCUT2D eigenvalue weighted by Crippen LogP contribution is 2.47. The molecule has 1 fully saturated rings. The van der Waals surface area contributed by atoms with Gasteiger partial charge in [-0.25, -0.2) is 4.79 Å². The monoisotopic (exact) mass is 281 g/mol. The maximum absolute atomic E-state index is 11.7. The lowest BCUT2D eigenvalue weighted by Crippen LogP contribution is -2.30. The van der Waals surface area contributed by atoms with Crippen LogP contribution in [0.2, 0.25) is 0 Å². The highest BCUT2D eigenvalue weighted by atomic mass is 16.5. The van der Waals surface area contributed by atoms with Crippen molar-refractivity contribution in [3.05, 3.63) is 23.7 Å². The van der Waals surface area contributed by atoms with Crippen molar-refractivity contribution in [2.45, 2.75) is 25.8 Å². The predicted molar refractivity (Wildman–Crippen MR) is 70.2 cm³/mol. The van der Waals surface area contributed by atoms with E-state index in [1.165, 1.54) is 4.90 Å². The summed E-state index contributed by atoms with van der Waals surface area (Å²) in [6.45, 7) is 1.83. The van der Waals surface area contributed by atoms with Gasteiger partial charge in [0.25, 0.3) is 0 Å². The summed E-state index contributed by atoms with van der Waals surface area (Å²) >= 11 is 0. The molecular formula is C14H19NO5. The predicted octanol–water partition coefficient (Wildman–Crippen LogP) is 1.46. The first-order valence-corrected chi connectivity index (χ1v) is 6.59. The van der Waals surface area contributed by atoms with E-state index in [4.69, 9.17) is 14.3 Å². The van der Waals surface area contributed by atoms with Gasteiger partial charge in [0, 0.05) is 13.0 Å². The zero-order valence-electron chi connectivity index (χ0n) is 11.7. The van der Waals surface area contributed by atoms with Crippen LogP contribution in [0.25, 0.3) is 0 Å². The van der Waals surface area contributed by atoms with Gasteiger partial charge < -0.3 is 19.2 Å². The van der Waals surface area contributed by atoms with E-state index in [9.17, 15) is 9.59 Å². The lowest BCUT2D eigenvalue weighted by atomic mass is 10.3. The van der Waals surface area contributed by atoms with Gasteiger partial charge in [-0.3, -0.25) is 4.79 Å². The van der Waals surface area contributed by atoms with E-state index in [0.29, 0.717) is 18.4 Å². The first-order valence-electron chi connectivity index (χ1n) is 6.59. The van der Waals surface area contributed by atoms with Crippen LogP contribution in [-0.4, -0.2) is 42.1 Å². The highest BCUT2D eigenvalue weighted by molar-refractivity contribution is 5.77. The van der Waals surface area contributed by atoms with Gasteiger partial charge in [0.1, 0.15) is 24.7 Å². The second-order valence-electron chi connectivity index (χ2n) is 5.26. The van der Waals surface area contributed by atoms with Gasteiger partial charge in [-0.05, 0) is 24.5 Å². The molecule has 6 heteroatoms. The molecule has 20 heavy (non-hydrogen) atoms. The third kappa shape index (κ3) is 3.84. The Kier molecular flexibility index (Phi) is 4.44. The topological polar surface area (TPSA) is 80.0 Å². The zero-order chi connectivity index (χ0) is 14.7. The molecule has 0 bridgehead atoms. The number of nitrogens with zero attached hydrogens (tertiary/aromatic N) is 1. The Bertz CT molecular complexity index is 496. The van der Waals surface area contributed by atoms with Gasteiger partial charge in [-0.2, -0.15) is 0 Å². The van der Waals surface area contributed by atoms with E-state index in [-0.39, 0.29) is 12.5 Å². The molecule has 2 atom stereocenters. The van der Waals surface area contributed by atoms with Crippen LogP contribution < -0.4 is 0 Å². The summed E-state index contributed by atoms with van der Waals surface area (Å²) in [5.74, 6) is 1.55. The van der Waals surface area contributed by atoms with Gasteiger partial charge >= 0.3 is 5.97 Å². The summed E-state index contributed by atoms with van der Waals surface area (Å²) in [5.41, 5.74) is 0. The van der Waals surface area contributed by atoms with Crippen LogP contribution in [0.15, 0.2) is 16.5 Å². The molecule has 1 heterocycles. The molecular weight excluding hydrogens is 262 g/mol. The van der Waals surface area contributed by atoms with Crippen molar-refractivity contribution in [1.29, 1.82) is 0 Å². The molecule has 1 aromatic heterocycles. The minimum Gasteiger partial charge on any atom is -0.480 e. The number of carbonyl (C=O) groups excluding carboxylic acids is 1. The number of amides is 1. The molecule has 1 amide bonds. The average Bonchev–Trinajstić information content (AvgIpc) is 2.93. The Labute approximate surface area is 117 Å². The minimum atomic E-state index is -1.09. The second-order valence-corrected chi connectivity index (χ2v) is 5.26. The number of likely N-dealkylation sites (N-methyl/N-ethyl adjacent to an activating group) is 1. The van der Waals surface area contributed by atoms with Crippen LogP contribution >= 0.6 is 0 Å². The molecule has 2 rings (SSSR count). The van der Waals surface area contributed by atoms with E-state index in [1.54, 1.807) is 7.05 Å². The molecule has 0 radical (unpaired) electrons. The van der Waals surface area contributed by atoms with Crippen LogP contribution in [0.1, 0.15) is 30.8 Å². The molecule has 0 aliphatic heterocycles.